The Kier molecular flexibility index (Phi) is 4.14. The first-order valence-corrected chi connectivity index (χ1v) is 8.87. The summed E-state index contributed by atoms with van der Waals surface area (Å²) in [6.45, 7) is 2.31. The Balaban J connectivity index is 1.79. The average Bonchev–Trinajstić information content (AvgIpc) is 2.82. The first-order chi connectivity index (χ1) is 11.2. The third-order valence-corrected chi connectivity index (χ3v) is 5.68. The molecule has 0 aliphatic carbocycles. The summed E-state index contributed by atoms with van der Waals surface area (Å²) in [5.41, 5.74) is 2.59. The Morgan fingerprint density at radius 2 is 1.52 bits per heavy atom. The van der Waals surface area contributed by atoms with E-state index in [1.807, 2.05) is 12.1 Å². The quantitative estimate of drug-likeness (QED) is 0.833. The van der Waals surface area contributed by atoms with Crippen LogP contribution >= 0.6 is 11.6 Å². The standard InChI is InChI=1S/C20H23ClN2/c1-22-13-16-11-12-17(14-22)23(16)20(15-7-3-2-4-8-15)18-9-5-6-10-19(18)21/h2-10,16-17,20H,11-14H2,1H3. The number of hydrogen-bond acceptors (Lipinski definition) is 2. The normalized spacial score (nSPS) is 26.3. The van der Waals surface area contributed by atoms with Crippen LogP contribution in [0.2, 0.25) is 5.02 Å². The molecule has 3 unspecified atom stereocenters. The van der Waals surface area contributed by atoms with Gasteiger partial charge < -0.3 is 4.90 Å². The molecule has 0 N–H and O–H groups in total. The number of halogens is 1. The van der Waals surface area contributed by atoms with Gasteiger partial charge in [-0.3, -0.25) is 4.90 Å². The summed E-state index contributed by atoms with van der Waals surface area (Å²) in [5.74, 6) is 0. The summed E-state index contributed by atoms with van der Waals surface area (Å²) in [6, 6.07) is 20.7. The van der Waals surface area contributed by atoms with Crippen molar-refractivity contribution in [2.45, 2.75) is 31.0 Å². The SMILES string of the molecule is CN1CC2CCC(C1)N2C(c1ccccc1)c1ccccc1Cl. The Morgan fingerprint density at radius 3 is 2.17 bits per heavy atom. The summed E-state index contributed by atoms with van der Waals surface area (Å²) in [7, 11) is 2.25. The topological polar surface area (TPSA) is 6.48 Å². The summed E-state index contributed by atoms with van der Waals surface area (Å²) in [4.78, 5) is 5.21. The van der Waals surface area contributed by atoms with Crippen molar-refractivity contribution in [1.29, 1.82) is 0 Å². The Bertz CT molecular complexity index is 658. The summed E-state index contributed by atoms with van der Waals surface area (Å²) in [5, 5.41) is 0.875. The Labute approximate surface area is 143 Å². The van der Waals surface area contributed by atoms with Crippen molar-refractivity contribution < 1.29 is 0 Å². The monoisotopic (exact) mass is 326 g/mol. The van der Waals surface area contributed by atoms with Gasteiger partial charge in [0.1, 0.15) is 0 Å². The van der Waals surface area contributed by atoms with Crippen LogP contribution in [-0.4, -0.2) is 42.0 Å². The van der Waals surface area contributed by atoms with Crippen molar-refractivity contribution in [3.8, 4) is 0 Å². The highest BCUT2D eigenvalue weighted by atomic mass is 35.5. The number of benzene rings is 2. The van der Waals surface area contributed by atoms with Crippen molar-refractivity contribution in [1.82, 2.24) is 9.80 Å². The first-order valence-electron chi connectivity index (χ1n) is 8.49. The smallest absolute Gasteiger partial charge is 0.0622 e. The van der Waals surface area contributed by atoms with Crippen LogP contribution in [0.5, 0.6) is 0 Å². The number of hydrogen-bond donors (Lipinski definition) is 0. The van der Waals surface area contributed by atoms with Gasteiger partial charge in [-0.1, -0.05) is 60.1 Å². The fourth-order valence-electron chi connectivity index (χ4n) is 4.41. The fraction of sp³-hybridized carbons (Fsp3) is 0.400. The van der Waals surface area contributed by atoms with E-state index in [0.29, 0.717) is 12.1 Å². The molecule has 120 valence electrons. The van der Waals surface area contributed by atoms with Gasteiger partial charge in [-0.2, -0.15) is 0 Å². The molecule has 2 aromatic carbocycles. The Morgan fingerprint density at radius 1 is 0.913 bits per heavy atom. The molecule has 2 aliphatic rings. The third kappa shape index (κ3) is 2.80. The maximum atomic E-state index is 6.60. The predicted molar refractivity (Wildman–Crippen MR) is 95.9 cm³/mol. The third-order valence-electron chi connectivity index (χ3n) is 5.33. The van der Waals surface area contributed by atoms with Crippen LogP contribution in [0.25, 0.3) is 0 Å². The van der Waals surface area contributed by atoms with E-state index in [-0.39, 0.29) is 6.04 Å². The number of piperazine rings is 1. The van der Waals surface area contributed by atoms with Crippen LogP contribution in [0.4, 0.5) is 0 Å². The van der Waals surface area contributed by atoms with E-state index in [0.717, 1.165) is 18.1 Å². The lowest BCUT2D eigenvalue weighted by molar-refractivity contribution is 0.0572. The number of nitrogens with zero attached hydrogens (tertiary/aromatic N) is 2. The van der Waals surface area contributed by atoms with Crippen LogP contribution in [0.1, 0.15) is 30.0 Å². The summed E-state index contributed by atoms with van der Waals surface area (Å²) < 4.78 is 0. The van der Waals surface area contributed by atoms with Crippen molar-refractivity contribution in [3.05, 3.63) is 70.7 Å². The van der Waals surface area contributed by atoms with Gasteiger partial charge in [-0.15, -0.1) is 0 Å². The Hall–Kier alpha value is -1.35. The molecule has 0 amide bonds. The van der Waals surface area contributed by atoms with E-state index in [9.17, 15) is 0 Å². The molecular formula is C20H23ClN2. The summed E-state index contributed by atoms with van der Waals surface area (Å²) >= 11 is 6.60. The molecule has 3 heteroatoms. The highest BCUT2D eigenvalue weighted by Crippen LogP contribution is 2.42. The van der Waals surface area contributed by atoms with E-state index in [1.165, 1.54) is 24.0 Å². The number of likely N-dealkylation sites (N-methyl/N-ethyl adjacent to an activating group) is 1. The zero-order valence-corrected chi connectivity index (χ0v) is 14.3. The molecule has 2 bridgehead atoms. The lowest BCUT2D eigenvalue weighted by atomic mass is 9.94. The highest BCUT2D eigenvalue weighted by molar-refractivity contribution is 6.31. The van der Waals surface area contributed by atoms with Gasteiger partial charge in [0.15, 0.2) is 0 Å². The molecule has 0 spiro atoms. The molecule has 2 nitrogen and oxygen atoms in total. The zero-order valence-electron chi connectivity index (χ0n) is 13.5. The molecule has 2 aromatic rings. The first kappa shape index (κ1) is 15.2. The van der Waals surface area contributed by atoms with E-state index in [4.69, 9.17) is 11.6 Å². The van der Waals surface area contributed by atoms with E-state index < -0.39 is 0 Å². The van der Waals surface area contributed by atoms with Gasteiger partial charge in [-0.25, -0.2) is 0 Å². The molecule has 2 aliphatic heterocycles. The zero-order chi connectivity index (χ0) is 15.8. The number of likely N-dealkylation sites (tertiary alicyclic amines) is 1. The average molecular weight is 327 g/mol. The van der Waals surface area contributed by atoms with Crippen LogP contribution in [-0.2, 0) is 0 Å². The second-order valence-corrected chi connectivity index (χ2v) is 7.30. The van der Waals surface area contributed by atoms with Gasteiger partial charge in [0.2, 0.25) is 0 Å². The predicted octanol–water partition coefficient (Wildman–Crippen LogP) is 4.21. The fourth-order valence-corrected chi connectivity index (χ4v) is 4.65. The molecule has 4 rings (SSSR count). The largest absolute Gasteiger partial charge is 0.303 e. The molecule has 3 atom stereocenters. The van der Waals surface area contributed by atoms with Crippen LogP contribution in [0.3, 0.4) is 0 Å². The second kappa shape index (κ2) is 6.27. The maximum absolute atomic E-state index is 6.60. The molecule has 2 fully saturated rings. The molecule has 2 heterocycles. The molecule has 23 heavy (non-hydrogen) atoms. The van der Waals surface area contributed by atoms with Crippen LogP contribution < -0.4 is 0 Å². The molecule has 0 saturated carbocycles. The second-order valence-electron chi connectivity index (χ2n) is 6.89. The number of fused-ring (bicyclic) bond motifs is 2. The highest BCUT2D eigenvalue weighted by Gasteiger charge is 2.43. The molecule has 0 radical (unpaired) electrons. The van der Waals surface area contributed by atoms with E-state index in [2.05, 4.69) is 59.3 Å². The van der Waals surface area contributed by atoms with E-state index in [1.54, 1.807) is 0 Å². The minimum Gasteiger partial charge on any atom is -0.303 e. The van der Waals surface area contributed by atoms with Gasteiger partial charge in [0.05, 0.1) is 6.04 Å². The van der Waals surface area contributed by atoms with Crippen LogP contribution in [0.15, 0.2) is 54.6 Å². The van der Waals surface area contributed by atoms with Gasteiger partial charge in [0, 0.05) is 30.2 Å². The molecule has 0 aromatic heterocycles. The van der Waals surface area contributed by atoms with E-state index >= 15 is 0 Å². The lowest BCUT2D eigenvalue weighted by Crippen LogP contribution is -2.53. The molecule has 2 saturated heterocycles. The van der Waals surface area contributed by atoms with Gasteiger partial charge in [0.25, 0.3) is 0 Å². The number of rotatable bonds is 3. The minimum atomic E-state index is 0.260. The minimum absolute atomic E-state index is 0.260. The van der Waals surface area contributed by atoms with Gasteiger partial charge in [-0.05, 0) is 37.1 Å². The maximum Gasteiger partial charge on any atom is 0.0622 e. The summed E-state index contributed by atoms with van der Waals surface area (Å²) in [6.07, 6.45) is 2.59. The van der Waals surface area contributed by atoms with Crippen molar-refractivity contribution in [3.63, 3.8) is 0 Å². The van der Waals surface area contributed by atoms with Crippen molar-refractivity contribution in [2.24, 2.45) is 0 Å². The molecular weight excluding hydrogens is 304 g/mol. The van der Waals surface area contributed by atoms with Crippen LogP contribution in [0, 0.1) is 0 Å². The lowest BCUT2D eigenvalue weighted by Gasteiger charge is -2.44. The van der Waals surface area contributed by atoms with Gasteiger partial charge >= 0.3 is 0 Å². The van der Waals surface area contributed by atoms with Crippen molar-refractivity contribution >= 4 is 11.6 Å². The van der Waals surface area contributed by atoms with Crippen molar-refractivity contribution in [2.75, 3.05) is 20.1 Å².